The molecule has 1 N–H and O–H groups in total. The fourth-order valence-corrected chi connectivity index (χ4v) is 2.88. The Morgan fingerprint density at radius 3 is 2.76 bits per heavy atom. The van der Waals surface area contributed by atoms with E-state index < -0.39 is 5.60 Å². The van der Waals surface area contributed by atoms with Crippen molar-refractivity contribution in [1.82, 2.24) is 9.78 Å². The molecule has 0 radical (unpaired) electrons. The molecule has 0 saturated heterocycles. The zero-order valence-corrected chi connectivity index (χ0v) is 11.0. The van der Waals surface area contributed by atoms with Gasteiger partial charge in [-0.2, -0.15) is 5.10 Å². The van der Waals surface area contributed by atoms with Gasteiger partial charge in [0.2, 0.25) is 0 Å². The molecule has 1 fully saturated rings. The van der Waals surface area contributed by atoms with Crippen LogP contribution in [0.15, 0.2) is 12.4 Å². The van der Waals surface area contributed by atoms with Crippen molar-refractivity contribution < 1.29 is 5.11 Å². The largest absolute Gasteiger partial charge is 0.385 e. The monoisotopic (exact) mass is 236 g/mol. The molecule has 0 bridgehead atoms. The summed E-state index contributed by atoms with van der Waals surface area (Å²) in [5.74, 6) is 0.399. The maximum absolute atomic E-state index is 10.7. The van der Waals surface area contributed by atoms with Gasteiger partial charge in [-0.25, -0.2) is 0 Å². The Labute approximate surface area is 104 Å². The first-order chi connectivity index (χ1) is 8.14. The van der Waals surface area contributed by atoms with Crippen LogP contribution >= 0.6 is 0 Å². The van der Waals surface area contributed by atoms with Gasteiger partial charge in [-0.3, -0.25) is 4.68 Å². The van der Waals surface area contributed by atoms with Crippen LogP contribution in [-0.2, 0) is 12.1 Å². The van der Waals surface area contributed by atoms with Crippen molar-refractivity contribution in [2.75, 3.05) is 0 Å². The van der Waals surface area contributed by atoms with Gasteiger partial charge < -0.3 is 5.11 Å². The Hall–Kier alpha value is -0.830. The van der Waals surface area contributed by atoms with E-state index in [0.29, 0.717) is 5.92 Å². The molecular weight excluding hydrogens is 212 g/mol. The molecule has 0 spiro atoms. The van der Waals surface area contributed by atoms with Gasteiger partial charge >= 0.3 is 0 Å². The van der Waals surface area contributed by atoms with Gasteiger partial charge in [0.05, 0.1) is 11.8 Å². The van der Waals surface area contributed by atoms with Crippen LogP contribution in [-0.4, -0.2) is 14.9 Å². The quantitative estimate of drug-likeness (QED) is 0.872. The van der Waals surface area contributed by atoms with E-state index in [2.05, 4.69) is 12.0 Å². The molecule has 2 rings (SSSR count). The molecule has 1 aromatic rings. The van der Waals surface area contributed by atoms with Crippen LogP contribution in [0.2, 0.25) is 0 Å². The van der Waals surface area contributed by atoms with E-state index in [9.17, 15) is 5.11 Å². The highest BCUT2D eigenvalue weighted by Gasteiger charge is 2.35. The molecule has 1 unspecified atom stereocenters. The maximum Gasteiger partial charge on any atom is 0.0926 e. The predicted octanol–water partition coefficient (Wildman–Crippen LogP) is 3.08. The molecule has 96 valence electrons. The highest BCUT2D eigenvalue weighted by molar-refractivity contribution is 5.15. The van der Waals surface area contributed by atoms with Crippen molar-refractivity contribution in [3.63, 3.8) is 0 Å². The van der Waals surface area contributed by atoms with Gasteiger partial charge in [-0.15, -0.1) is 0 Å². The lowest BCUT2D eigenvalue weighted by Crippen LogP contribution is -2.33. The molecule has 0 aromatic carbocycles. The summed E-state index contributed by atoms with van der Waals surface area (Å²) >= 11 is 0. The highest BCUT2D eigenvalue weighted by atomic mass is 16.3. The zero-order chi connectivity index (χ0) is 12.3. The van der Waals surface area contributed by atoms with Crippen LogP contribution in [0.3, 0.4) is 0 Å². The number of rotatable bonds is 4. The molecule has 1 saturated carbocycles. The average molecular weight is 236 g/mol. The van der Waals surface area contributed by atoms with E-state index in [0.717, 1.165) is 31.4 Å². The Kier molecular flexibility index (Phi) is 3.87. The lowest BCUT2D eigenvalue weighted by molar-refractivity contribution is -0.0215. The van der Waals surface area contributed by atoms with E-state index in [-0.39, 0.29) is 0 Å². The van der Waals surface area contributed by atoms with E-state index in [1.54, 1.807) is 0 Å². The second kappa shape index (κ2) is 5.21. The number of nitrogens with zero attached hydrogens (tertiary/aromatic N) is 2. The van der Waals surface area contributed by atoms with Crippen LogP contribution in [0.5, 0.6) is 0 Å². The van der Waals surface area contributed by atoms with Crippen molar-refractivity contribution in [2.45, 2.75) is 64.5 Å². The van der Waals surface area contributed by atoms with Crippen LogP contribution < -0.4 is 0 Å². The summed E-state index contributed by atoms with van der Waals surface area (Å²) in [4.78, 5) is 0. The van der Waals surface area contributed by atoms with E-state index in [4.69, 9.17) is 0 Å². The van der Waals surface area contributed by atoms with E-state index in [1.807, 2.05) is 24.0 Å². The molecule has 0 amide bonds. The van der Waals surface area contributed by atoms with Gasteiger partial charge in [0, 0.05) is 18.3 Å². The lowest BCUT2D eigenvalue weighted by Gasteiger charge is -2.34. The van der Waals surface area contributed by atoms with Crippen LogP contribution in [0.25, 0.3) is 0 Å². The minimum Gasteiger partial charge on any atom is -0.385 e. The Morgan fingerprint density at radius 2 is 2.12 bits per heavy atom. The molecule has 3 nitrogen and oxygen atoms in total. The van der Waals surface area contributed by atoms with E-state index in [1.165, 1.54) is 19.3 Å². The van der Waals surface area contributed by atoms with Gasteiger partial charge in [0.25, 0.3) is 0 Å². The first-order valence-electron chi connectivity index (χ1n) is 6.90. The zero-order valence-electron chi connectivity index (χ0n) is 11.0. The third-order valence-electron chi connectivity index (χ3n) is 4.07. The summed E-state index contributed by atoms with van der Waals surface area (Å²) in [6.45, 7) is 5.03. The topological polar surface area (TPSA) is 38.0 Å². The number of hydrogen-bond acceptors (Lipinski definition) is 2. The summed E-state index contributed by atoms with van der Waals surface area (Å²) in [6.07, 6.45) is 11.0. The third kappa shape index (κ3) is 2.71. The van der Waals surface area contributed by atoms with Crippen molar-refractivity contribution >= 4 is 0 Å². The van der Waals surface area contributed by atoms with Crippen molar-refractivity contribution in [2.24, 2.45) is 5.92 Å². The smallest absolute Gasteiger partial charge is 0.0926 e. The molecule has 1 aliphatic carbocycles. The second-order valence-electron chi connectivity index (χ2n) is 5.47. The Balaban J connectivity index is 2.11. The van der Waals surface area contributed by atoms with Gasteiger partial charge in [0.1, 0.15) is 0 Å². The fourth-order valence-electron chi connectivity index (χ4n) is 2.88. The maximum atomic E-state index is 10.7. The summed E-state index contributed by atoms with van der Waals surface area (Å²) in [6, 6.07) is 0. The Morgan fingerprint density at radius 1 is 1.41 bits per heavy atom. The van der Waals surface area contributed by atoms with Gasteiger partial charge in [-0.1, -0.05) is 26.2 Å². The van der Waals surface area contributed by atoms with Gasteiger partial charge in [0.15, 0.2) is 0 Å². The molecule has 1 heterocycles. The minimum atomic E-state index is -0.702. The van der Waals surface area contributed by atoms with Crippen molar-refractivity contribution in [3.05, 3.63) is 18.0 Å². The predicted molar refractivity (Wildman–Crippen MR) is 68.7 cm³/mol. The normalized spacial score (nSPS) is 21.4. The van der Waals surface area contributed by atoms with Crippen LogP contribution in [0, 0.1) is 5.92 Å². The molecule has 1 aliphatic rings. The first-order valence-corrected chi connectivity index (χ1v) is 6.90. The number of aliphatic hydroxyl groups is 1. The molecule has 1 atom stereocenters. The fraction of sp³-hybridized carbons (Fsp3) is 0.786. The summed E-state index contributed by atoms with van der Waals surface area (Å²) in [5, 5.41) is 15.1. The number of aryl methyl sites for hydroxylation is 1. The molecular formula is C14H24N2O. The van der Waals surface area contributed by atoms with Crippen LogP contribution in [0.1, 0.15) is 57.9 Å². The number of hydrogen-bond donors (Lipinski definition) is 1. The first kappa shape index (κ1) is 12.6. The van der Waals surface area contributed by atoms with E-state index >= 15 is 0 Å². The minimum absolute atomic E-state index is 0.399. The molecule has 0 aliphatic heterocycles. The van der Waals surface area contributed by atoms with Crippen molar-refractivity contribution in [3.8, 4) is 0 Å². The van der Waals surface area contributed by atoms with Crippen LogP contribution in [0.4, 0.5) is 0 Å². The SMILES string of the molecule is CCCn1cc(C(C)(O)C2CCCCC2)cn1. The average Bonchev–Trinajstić information content (AvgIpc) is 2.80. The standard InChI is InChI=1S/C14H24N2O/c1-3-9-16-11-13(10-15-16)14(2,17)12-7-5-4-6-8-12/h10-12,17H,3-9H2,1-2H3. The summed E-state index contributed by atoms with van der Waals surface area (Å²) < 4.78 is 1.94. The Bertz CT molecular complexity index is 351. The molecule has 17 heavy (non-hydrogen) atoms. The summed E-state index contributed by atoms with van der Waals surface area (Å²) in [5.41, 5.74) is 0.282. The van der Waals surface area contributed by atoms with Gasteiger partial charge in [-0.05, 0) is 32.1 Å². The molecule has 3 heteroatoms. The summed E-state index contributed by atoms with van der Waals surface area (Å²) in [7, 11) is 0. The van der Waals surface area contributed by atoms with Crippen molar-refractivity contribution in [1.29, 1.82) is 0 Å². The number of aromatic nitrogens is 2. The molecule has 1 aromatic heterocycles. The highest BCUT2D eigenvalue weighted by Crippen LogP contribution is 2.38. The second-order valence-corrected chi connectivity index (χ2v) is 5.47. The third-order valence-corrected chi connectivity index (χ3v) is 4.07. The lowest BCUT2D eigenvalue weighted by atomic mass is 9.75.